The summed E-state index contributed by atoms with van der Waals surface area (Å²) in [5.74, 6) is 0.609. The topological polar surface area (TPSA) is 78.1 Å². The van der Waals surface area contributed by atoms with Crippen LogP contribution in [-0.2, 0) is 16.6 Å². The number of imidazole rings is 1. The molecule has 2 aliphatic rings. The first-order valence-electron chi connectivity index (χ1n) is 10.4. The molecule has 30 heavy (non-hydrogen) atoms. The van der Waals surface area contributed by atoms with Crippen LogP contribution < -0.4 is 5.32 Å². The van der Waals surface area contributed by atoms with Crippen LogP contribution in [0.5, 0.6) is 0 Å². The Labute approximate surface area is 175 Å². The molecule has 1 fully saturated rings. The molecule has 0 radical (unpaired) electrons. The van der Waals surface area contributed by atoms with Crippen LogP contribution in [0.4, 0.5) is 5.69 Å². The second-order valence-electron chi connectivity index (χ2n) is 8.14. The smallest absolute Gasteiger partial charge is 0.272 e. The molecule has 1 aromatic heterocycles. The lowest BCUT2D eigenvalue weighted by Gasteiger charge is -2.34. The van der Waals surface area contributed by atoms with Gasteiger partial charge in [-0.3, -0.25) is 9.59 Å². The number of benzene rings is 2. The molecule has 2 aromatic carbocycles. The fourth-order valence-electron chi connectivity index (χ4n) is 5.08. The summed E-state index contributed by atoms with van der Waals surface area (Å²) in [6.07, 6.45) is 3.72. The van der Waals surface area contributed by atoms with Crippen LogP contribution in [0.15, 0.2) is 60.8 Å². The summed E-state index contributed by atoms with van der Waals surface area (Å²) in [5, 5.41) is 3.06. The predicted octanol–water partition coefficient (Wildman–Crippen LogP) is 3.46. The number of carbonyl (C=O) groups excluding carboxylic acids is 2. The Kier molecular flexibility index (Phi) is 4.42. The zero-order chi connectivity index (χ0) is 20.7. The van der Waals surface area contributed by atoms with Gasteiger partial charge in [0, 0.05) is 12.2 Å². The third-order valence-electron chi connectivity index (χ3n) is 6.50. The summed E-state index contributed by atoms with van der Waals surface area (Å²) in [6, 6.07) is 17.9. The van der Waals surface area contributed by atoms with Crippen molar-refractivity contribution >= 4 is 17.5 Å². The highest BCUT2D eigenvalue weighted by Crippen LogP contribution is 2.49. The number of H-pyrrole nitrogens is 1. The number of likely N-dealkylation sites (tertiary alicyclic amines) is 1. The molecular formula is C24H24N4O2. The Morgan fingerprint density at radius 2 is 1.93 bits per heavy atom. The number of aryl methyl sites for hydroxylation is 2. The van der Waals surface area contributed by atoms with Gasteiger partial charge in [0.2, 0.25) is 5.91 Å². The fourth-order valence-corrected chi connectivity index (χ4v) is 5.08. The Morgan fingerprint density at radius 1 is 1.17 bits per heavy atom. The van der Waals surface area contributed by atoms with Crippen molar-refractivity contribution in [3.05, 3.63) is 83.4 Å². The molecule has 3 heterocycles. The van der Waals surface area contributed by atoms with Gasteiger partial charge >= 0.3 is 0 Å². The number of anilines is 1. The molecule has 5 rings (SSSR count). The molecule has 2 amide bonds. The van der Waals surface area contributed by atoms with E-state index in [1.54, 1.807) is 6.20 Å². The van der Waals surface area contributed by atoms with Gasteiger partial charge in [-0.1, -0.05) is 48.5 Å². The van der Waals surface area contributed by atoms with E-state index in [0.717, 1.165) is 17.7 Å². The van der Waals surface area contributed by atoms with Gasteiger partial charge < -0.3 is 15.2 Å². The molecule has 0 aliphatic carbocycles. The summed E-state index contributed by atoms with van der Waals surface area (Å²) >= 11 is 0. The van der Waals surface area contributed by atoms with Crippen molar-refractivity contribution in [3.63, 3.8) is 0 Å². The highest BCUT2D eigenvalue weighted by Gasteiger charge is 2.58. The average Bonchev–Trinajstić information content (AvgIpc) is 3.44. The molecule has 0 saturated carbocycles. The predicted molar refractivity (Wildman–Crippen MR) is 114 cm³/mol. The number of aromatic amines is 1. The van der Waals surface area contributed by atoms with E-state index in [-0.39, 0.29) is 17.9 Å². The van der Waals surface area contributed by atoms with Crippen LogP contribution in [0.2, 0.25) is 0 Å². The van der Waals surface area contributed by atoms with Crippen molar-refractivity contribution in [2.45, 2.75) is 37.6 Å². The van der Waals surface area contributed by atoms with Crippen molar-refractivity contribution in [1.29, 1.82) is 0 Å². The molecule has 6 nitrogen and oxygen atoms in total. The number of fused-ring (bicyclic) bond motifs is 2. The van der Waals surface area contributed by atoms with E-state index < -0.39 is 5.41 Å². The monoisotopic (exact) mass is 400 g/mol. The van der Waals surface area contributed by atoms with Crippen LogP contribution >= 0.6 is 0 Å². The summed E-state index contributed by atoms with van der Waals surface area (Å²) < 4.78 is 0. The minimum atomic E-state index is -0.712. The molecule has 0 unspecified atom stereocenters. The van der Waals surface area contributed by atoms with E-state index in [1.165, 1.54) is 5.56 Å². The number of amides is 2. The quantitative estimate of drug-likeness (QED) is 0.704. The number of hydrogen-bond acceptors (Lipinski definition) is 3. The fraction of sp³-hybridized carbons (Fsp3) is 0.292. The number of carbonyl (C=O) groups is 2. The highest BCUT2D eigenvalue weighted by molar-refractivity contribution is 6.08. The SMILES string of the molecule is Cc1ncc(C(=O)N2CC[C@]3(C(=O)Nc4ccccc43)[C@@H]2CCc2ccccc2)[nH]1. The minimum Gasteiger partial charge on any atom is -0.338 e. The van der Waals surface area contributed by atoms with Crippen LogP contribution in [0.3, 0.4) is 0 Å². The van der Waals surface area contributed by atoms with Gasteiger partial charge in [0.15, 0.2) is 0 Å². The Balaban J connectivity index is 1.54. The average molecular weight is 400 g/mol. The first-order chi connectivity index (χ1) is 14.6. The molecule has 1 spiro atoms. The minimum absolute atomic E-state index is 0.00199. The van der Waals surface area contributed by atoms with E-state index >= 15 is 0 Å². The van der Waals surface area contributed by atoms with Gasteiger partial charge in [0.05, 0.1) is 17.7 Å². The van der Waals surface area contributed by atoms with Crippen LogP contribution in [0.1, 0.15) is 40.3 Å². The zero-order valence-corrected chi connectivity index (χ0v) is 16.9. The van der Waals surface area contributed by atoms with Gasteiger partial charge in [-0.15, -0.1) is 0 Å². The van der Waals surface area contributed by atoms with Crippen molar-refractivity contribution in [2.24, 2.45) is 0 Å². The number of rotatable bonds is 4. The lowest BCUT2D eigenvalue weighted by Crippen LogP contribution is -2.49. The Morgan fingerprint density at radius 3 is 2.70 bits per heavy atom. The normalized spacial score (nSPS) is 22.4. The van der Waals surface area contributed by atoms with Crippen molar-refractivity contribution < 1.29 is 9.59 Å². The van der Waals surface area contributed by atoms with E-state index in [2.05, 4.69) is 27.4 Å². The lowest BCUT2D eigenvalue weighted by atomic mass is 9.73. The molecule has 2 aliphatic heterocycles. The Hall–Kier alpha value is -3.41. The van der Waals surface area contributed by atoms with Crippen molar-refractivity contribution in [1.82, 2.24) is 14.9 Å². The number of hydrogen-bond donors (Lipinski definition) is 2. The largest absolute Gasteiger partial charge is 0.338 e. The molecule has 1 saturated heterocycles. The first-order valence-corrected chi connectivity index (χ1v) is 10.4. The number of nitrogens with one attached hydrogen (secondary N) is 2. The third-order valence-corrected chi connectivity index (χ3v) is 6.50. The molecular weight excluding hydrogens is 376 g/mol. The van der Waals surface area contributed by atoms with E-state index in [0.29, 0.717) is 30.9 Å². The van der Waals surface area contributed by atoms with Gasteiger partial charge in [-0.2, -0.15) is 0 Å². The maximum Gasteiger partial charge on any atom is 0.272 e. The first kappa shape index (κ1) is 18.6. The third kappa shape index (κ3) is 2.83. The summed E-state index contributed by atoms with van der Waals surface area (Å²) in [7, 11) is 0. The summed E-state index contributed by atoms with van der Waals surface area (Å²) in [5.41, 5.74) is 2.83. The molecule has 2 atom stereocenters. The van der Waals surface area contributed by atoms with Crippen LogP contribution in [0.25, 0.3) is 0 Å². The van der Waals surface area contributed by atoms with Crippen molar-refractivity contribution in [2.75, 3.05) is 11.9 Å². The van der Waals surface area contributed by atoms with Gasteiger partial charge in [0.1, 0.15) is 11.5 Å². The van der Waals surface area contributed by atoms with E-state index in [9.17, 15) is 9.59 Å². The number of para-hydroxylation sites is 1. The van der Waals surface area contributed by atoms with Gasteiger partial charge in [-0.05, 0) is 43.4 Å². The molecule has 6 heteroatoms. The second-order valence-corrected chi connectivity index (χ2v) is 8.14. The van der Waals surface area contributed by atoms with E-state index in [4.69, 9.17) is 0 Å². The van der Waals surface area contributed by atoms with Gasteiger partial charge in [-0.25, -0.2) is 4.98 Å². The molecule has 152 valence electrons. The van der Waals surface area contributed by atoms with Crippen LogP contribution in [-0.4, -0.2) is 39.3 Å². The molecule has 3 aromatic rings. The standard InChI is InChI=1S/C24H24N4O2/c1-16-25-15-20(26-16)22(29)28-14-13-24(18-9-5-6-10-19(18)27-23(24)30)21(28)12-11-17-7-3-2-4-8-17/h2-10,15,21H,11-14H2,1H3,(H,25,26)(H,27,30)/t21-,24+/m0/s1. The Bertz CT molecular complexity index is 1110. The number of nitrogens with zero attached hydrogens (tertiary/aromatic N) is 2. The molecule has 2 N–H and O–H groups in total. The van der Waals surface area contributed by atoms with Crippen LogP contribution in [0, 0.1) is 6.92 Å². The van der Waals surface area contributed by atoms with Crippen molar-refractivity contribution in [3.8, 4) is 0 Å². The maximum absolute atomic E-state index is 13.4. The summed E-state index contributed by atoms with van der Waals surface area (Å²) in [6.45, 7) is 2.37. The number of aromatic nitrogens is 2. The second kappa shape index (κ2) is 7.13. The van der Waals surface area contributed by atoms with Gasteiger partial charge in [0.25, 0.3) is 5.91 Å². The molecule has 0 bridgehead atoms. The van der Waals surface area contributed by atoms with E-state index in [1.807, 2.05) is 54.3 Å². The zero-order valence-electron chi connectivity index (χ0n) is 16.9. The summed E-state index contributed by atoms with van der Waals surface area (Å²) in [4.78, 5) is 35.8. The lowest BCUT2D eigenvalue weighted by molar-refractivity contribution is -0.121. The highest BCUT2D eigenvalue weighted by atomic mass is 16.2. The maximum atomic E-state index is 13.4.